The van der Waals surface area contributed by atoms with Gasteiger partial charge in [0, 0.05) is 17.8 Å². The third-order valence-corrected chi connectivity index (χ3v) is 3.75. The van der Waals surface area contributed by atoms with Crippen LogP contribution in [0.25, 0.3) is 5.95 Å². The average Bonchev–Trinajstić information content (AvgIpc) is 2.96. The predicted molar refractivity (Wildman–Crippen MR) is 94.8 cm³/mol. The molecule has 0 unspecified atom stereocenters. The van der Waals surface area contributed by atoms with E-state index in [-0.39, 0.29) is 17.9 Å². The molecule has 0 spiro atoms. The highest BCUT2D eigenvalue weighted by molar-refractivity contribution is 5.91. The van der Waals surface area contributed by atoms with Gasteiger partial charge in [-0.05, 0) is 25.0 Å². The van der Waals surface area contributed by atoms with E-state index in [0.29, 0.717) is 29.2 Å². The van der Waals surface area contributed by atoms with Crippen molar-refractivity contribution in [3.8, 4) is 5.95 Å². The Morgan fingerprint density at radius 3 is 2.81 bits per heavy atom. The number of carbonyl (C=O) groups excluding carboxylic acids is 1. The van der Waals surface area contributed by atoms with Crippen LogP contribution in [0, 0.1) is 12.7 Å². The number of nitrogens with zero attached hydrogens (tertiary/aromatic N) is 3. The monoisotopic (exact) mass is 355 g/mol. The van der Waals surface area contributed by atoms with Gasteiger partial charge in [-0.3, -0.25) is 14.6 Å². The molecule has 0 radical (unpaired) electrons. The van der Waals surface area contributed by atoms with Gasteiger partial charge >= 0.3 is 0 Å². The number of hydrogen-bond acceptors (Lipinski definition) is 4. The first-order valence-electron chi connectivity index (χ1n) is 8.17. The second kappa shape index (κ2) is 7.30. The minimum atomic E-state index is -0.436. The number of aromatic amines is 1. The van der Waals surface area contributed by atoms with Crippen molar-refractivity contribution in [2.24, 2.45) is 0 Å². The lowest BCUT2D eigenvalue weighted by Gasteiger charge is -2.09. The van der Waals surface area contributed by atoms with Gasteiger partial charge in [-0.25, -0.2) is 9.37 Å². The molecule has 134 valence electrons. The summed E-state index contributed by atoms with van der Waals surface area (Å²) in [4.78, 5) is 31.0. The second-order valence-corrected chi connectivity index (χ2v) is 5.81. The lowest BCUT2D eigenvalue weighted by Crippen LogP contribution is -2.20. The van der Waals surface area contributed by atoms with Crippen LogP contribution in [-0.2, 0) is 17.6 Å². The summed E-state index contributed by atoms with van der Waals surface area (Å²) in [5.74, 6) is -0.275. The molecule has 2 N–H and O–H groups in total. The SMILES string of the molecule is CCc1cc(=O)[nH]c(-n2nc(C)cc2NC(=O)Cc2ccccc2F)n1. The predicted octanol–water partition coefficient (Wildman–Crippen LogP) is 2.15. The largest absolute Gasteiger partial charge is 0.310 e. The summed E-state index contributed by atoms with van der Waals surface area (Å²) in [5, 5.41) is 6.97. The Morgan fingerprint density at radius 1 is 1.31 bits per heavy atom. The number of H-pyrrole nitrogens is 1. The van der Waals surface area contributed by atoms with Crippen molar-refractivity contribution in [1.29, 1.82) is 0 Å². The van der Waals surface area contributed by atoms with Crippen molar-refractivity contribution in [2.45, 2.75) is 26.7 Å². The minimum absolute atomic E-state index is 0.115. The topological polar surface area (TPSA) is 92.7 Å². The molecule has 2 heterocycles. The number of carbonyl (C=O) groups is 1. The summed E-state index contributed by atoms with van der Waals surface area (Å²) in [5.41, 5.74) is 1.24. The molecule has 2 aromatic heterocycles. The van der Waals surface area contributed by atoms with Crippen LogP contribution in [0.3, 0.4) is 0 Å². The fourth-order valence-corrected chi connectivity index (χ4v) is 2.53. The maximum atomic E-state index is 13.7. The molecule has 3 rings (SSSR count). The van der Waals surface area contributed by atoms with Crippen molar-refractivity contribution in [1.82, 2.24) is 19.7 Å². The molecule has 8 heteroatoms. The number of rotatable bonds is 5. The van der Waals surface area contributed by atoms with Gasteiger partial charge < -0.3 is 5.32 Å². The normalized spacial score (nSPS) is 10.7. The molecule has 0 atom stereocenters. The van der Waals surface area contributed by atoms with Crippen LogP contribution >= 0.6 is 0 Å². The number of amides is 1. The van der Waals surface area contributed by atoms with Crippen LogP contribution in [0.15, 0.2) is 41.2 Å². The van der Waals surface area contributed by atoms with Crippen LogP contribution in [0.5, 0.6) is 0 Å². The zero-order chi connectivity index (χ0) is 18.7. The zero-order valence-electron chi connectivity index (χ0n) is 14.4. The number of aryl methyl sites for hydroxylation is 2. The third kappa shape index (κ3) is 3.85. The summed E-state index contributed by atoms with van der Waals surface area (Å²) < 4.78 is 15.1. The molecule has 0 aliphatic rings. The molecule has 26 heavy (non-hydrogen) atoms. The third-order valence-electron chi connectivity index (χ3n) is 3.75. The number of aromatic nitrogens is 4. The van der Waals surface area contributed by atoms with Crippen molar-refractivity contribution in [3.05, 3.63) is 69.5 Å². The lowest BCUT2D eigenvalue weighted by atomic mass is 10.1. The van der Waals surface area contributed by atoms with Crippen LogP contribution in [0.1, 0.15) is 23.9 Å². The maximum Gasteiger partial charge on any atom is 0.252 e. The molecule has 0 saturated carbocycles. The van der Waals surface area contributed by atoms with E-state index in [1.54, 1.807) is 31.2 Å². The van der Waals surface area contributed by atoms with Crippen LogP contribution < -0.4 is 10.9 Å². The molecule has 1 aromatic carbocycles. The van der Waals surface area contributed by atoms with Gasteiger partial charge in [0.15, 0.2) is 0 Å². The van der Waals surface area contributed by atoms with E-state index in [4.69, 9.17) is 0 Å². The fourth-order valence-electron chi connectivity index (χ4n) is 2.53. The van der Waals surface area contributed by atoms with Gasteiger partial charge in [0.1, 0.15) is 11.6 Å². The van der Waals surface area contributed by atoms with Crippen molar-refractivity contribution < 1.29 is 9.18 Å². The highest BCUT2D eigenvalue weighted by atomic mass is 19.1. The molecule has 7 nitrogen and oxygen atoms in total. The number of anilines is 1. The van der Waals surface area contributed by atoms with Crippen LogP contribution in [0.4, 0.5) is 10.2 Å². The molecule has 0 fully saturated rings. The smallest absolute Gasteiger partial charge is 0.252 e. The Kier molecular flexibility index (Phi) is 4.92. The molecule has 0 saturated heterocycles. The van der Waals surface area contributed by atoms with Gasteiger partial charge in [-0.2, -0.15) is 9.78 Å². The van der Waals surface area contributed by atoms with Gasteiger partial charge in [0.05, 0.1) is 12.1 Å². The molecular formula is C18H18FN5O2. The average molecular weight is 355 g/mol. The summed E-state index contributed by atoms with van der Waals surface area (Å²) in [6.07, 6.45) is 0.474. The quantitative estimate of drug-likeness (QED) is 0.733. The number of nitrogens with one attached hydrogen (secondary N) is 2. The highest BCUT2D eigenvalue weighted by Gasteiger charge is 2.14. The first-order valence-corrected chi connectivity index (χ1v) is 8.17. The minimum Gasteiger partial charge on any atom is -0.310 e. The Labute approximate surface area is 148 Å². The standard InChI is InChI=1S/C18H18FN5O2/c1-3-13-10-17(26)22-18(20-13)24-15(8-11(2)23-24)21-16(25)9-12-6-4-5-7-14(12)19/h4-8,10H,3,9H2,1-2H3,(H,21,25)(H,20,22,26). The Hall–Kier alpha value is -3.29. The molecule has 1 amide bonds. The van der Waals surface area contributed by atoms with E-state index in [1.807, 2.05) is 6.92 Å². The van der Waals surface area contributed by atoms with Crippen molar-refractivity contribution >= 4 is 11.7 Å². The van der Waals surface area contributed by atoms with Gasteiger partial charge in [-0.15, -0.1) is 0 Å². The van der Waals surface area contributed by atoms with E-state index >= 15 is 0 Å². The number of benzene rings is 1. The van der Waals surface area contributed by atoms with E-state index in [0.717, 1.165) is 0 Å². The van der Waals surface area contributed by atoms with Crippen LogP contribution in [0.2, 0.25) is 0 Å². The van der Waals surface area contributed by atoms with E-state index in [9.17, 15) is 14.0 Å². The van der Waals surface area contributed by atoms with Gasteiger partial charge in [-0.1, -0.05) is 25.1 Å². The Bertz CT molecular complexity index is 1010. The lowest BCUT2D eigenvalue weighted by molar-refractivity contribution is -0.115. The van der Waals surface area contributed by atoms with Crippen LogP contribution in [-0.4, -0.2) is 25.7 Å². The first-order chi connectivity index (χ1) is 12.5. The van der Waals surface area contributed by atoms with Crippen molar-refractivity contribution in [2.75, 3.05) is 5.32 Å². The number of hydrogen-bond donors (Lipinski definition) is 2. The summed E-state index contributed by atoms with van der Waals surface area (Å²) in [6.45, 7) is 3.64. The van der Waals surface area contributed by atoms with Crippen molar-refractivity contribution in [3.63, 3.8) is 0 Å². The van der Waals surface area contributed by atoms with E-state index < -0.39 is 11.7 Å². The molecule has 0 aliphatic carbocycles. The van der Waals surface area contributed by atoms with E-state index in [2.05, 4.69) is 20.4 Å². The Morgan fingerprint density at radius 2 is 2.08 bits per heavy atom. The molecule has 0 bridgehead atoms. The zero-order valence-corrected chi connectivity index (χ0v) is 14.4. The summed E-state index contributed by atoms with van der Waals surface area (Å²) >= 11 is 0. The van der Waals surface area contributed by atoms with Gasteiger partial charge in [0.25, 0.3) is 5.56 Å². The molecule has 0 aliphatic heterocycles. The fraction of sp³-hybridized carbons (Fsp3) is 0.222. The number of halogens is 1. The summed E-state index contributed by atoms with van der Waals surface area (Å²) in [6, 6.07) is 9.17. The molecule has 3 aromatic rings. The Balaban J connectivity index is 1.88. The first kappa shape index (κ1) is 17.5. The highest BCUT2D eigenvalue weighted by Crippen LogP contribution is 2.15. The summed E-state index contributed by atoms with van der Waals surface area (Å²) in [7, 11) is 0. The van der Waals surface area contributed by atoms with E-state index in [1.165, 1.54) is 16.8 Å². The van der Waals surface area contributed by atoms with Gasteiger partial charge in [0.2, 0.25) is 11.9 Å². The maximum absolute atomic E-state index is 13.7. The second-order valence-electron chi connectivity index (χ2n) is 5.81. The molecular weight excluding hydrogens is 337 g/mol.